The predicted molar refractivity (Wildman–Crippen MR) is 64.5 cm³/mol. The molecule has 0 bridgehead atoms. The van der Waals surface area contributed by atoms with E-state index in [1.807, 2.05) is 0 Å². The Morgan fingerprint density at radius 3 is 3.00 bits per heavy atom. The van der Waals surface area contributed by atoms with Crippen LogP contribution in [0.2, 0.25) is 0 Å². The van der Waals surface area contributed by atoms with Crippen LogP contribution in [0, 0.1) is 0 Å². The van der Waals surface area contributed by atoms with Crippen molar-refractivity contribution in [3.8, 4) is 0 Å². The SMILES string of the molecule is Nc1nc2c(ncn2C2O[C@H](CO)[C@@H](F)[C@H]2O)c(=O)[nH]1. The third-order valence-electron chi connectivity index (χ3n) is 3.19. The van der Waals surface area contributed by atoms with E-state index >= 15 is 0 Å². The molecule has 20 heavy (non-hydrogen) atoms. The Labute approximate surface area is 110 Å². The second kappa shape index (κ2) is 4.51. The van der Waals surface area contributed by atoms with Gasteiger partial charge in [-0.25, -0.2) is 9.37 Å². The summed E-state index contributed by atoms with van der Waals surface area (Å²) in [6.07, 6.45) is -4.34. The Balaban J connectivity index is 2.09. The normalized spacial score (nSPS) is 30.1. The number of aliphatic hydroxyl groups is 2. The fourth-order valence-corrected chi connectivity index (χ4v) is 2.21. The summed E-state index contributed by atoms with van der Waals surface area (Å²) in [6.45, 7) is -0.572. The van der Waals surface area contributed by atoms with Crippen molar-refractivity contribution in [2.75, 3.05) is 12.3 Å². The third-order valence-corrected chi connectivity index (χ3v) is 3.19. The third kappa shape index (κ3) is 1.77. The van der Waals surface area contributed by atoms with Crippen LogP contribution in [-0.4, -0.2) is 54.7 Å². The zero-order valence-electron chi connectivity index (χ0n) is 10.1. The zero-order valence-corrected chi connectivity index (χ0v) is 10.1. The van der Waals surface area contributed by atoms with Crippen LogP contribution < -0.4 is 11.3 Å². The molecule has 1 aliphatic rings. The van der Waals surface area contributed by atoms with Gasteiger partial charge in [-0.2, -0.15) is 4.98 Å². The Morgan fingerprint density at radius 2 is 2.35 bits per heavy atom. The number of hydrogen-bond donors (Lipinski definition) is 4. The number of rotatable bonds is 2. The van der Waals surface area contributed by atoms with Crippen LogP contribution in [0.15, 0.2) is 11.1 Å². The minimum Gasteiger partial charge on any atom is -0.394 e. The molecule has 1 aliphatic heterocycles. The summed E-state index contributed by atoms with van der Waals surface area (Å²) in [4.78, 5) is 21.6. The number of aromatic amines is 1. The Bertz CT molecular complexity index is 701. The fraction of sp³-hybridized carbons (Fsp3) is 0.500. The average Bonchev–Trinajstić information content (AvgIpc) is 2.93. The predicted octanol–water partition coefficient (Wildman–Crippen LogP) is -1.71. The van der Waals surface area contributed by atoms with Crippen LogP contribution in [0.5, 0.6) is 0 Å². The topological polar surface area (TPSA) is 139 Å². The number of nitrogens with one attached hydrogen (secondary N) is 1. The number of nitrogen functional groups attached to an aromatic ring is 1. The molecule has 3 heterocycles. The molecule has 0 aliphatic carbocycles. The van der Waals surface area contributed by atoms with E-state index in [0.717, 1.165) is 0 Å². The molecule has 3 rings (SSSR count). The molecule has 0 radical (unpaired) electrons. The van der Waals surface area contributed by atoms with Crippen molar-refractivity contribution in [2.45, 2.75) is 24.6 Å². The lowest BCUT2D eigenvalue weighted by molar-refractivity contribution is -0.0495. The van der Waals surface area contributed by atoms with Crippen LogP contribution in [0.3, 0.4) is 0 Å². The van der Waals surface area contributed by atoms with Gasteiger partial charge in [0.05, 0.1) is 12.9 Å². The van der Waals surface area contributed by atoms with Crippen molar-refractivity contribution >= 4 is 17.1 Å². The first-order valence-corrected chi connectivity index (χ1v) is 5.83. The van der Waals surface area contributed by atoms with Crippen LogP contribution in [0.4, 0.5) is 10.3 Å². The minimum absolute atomic E-state index is 0.00198. The number of nitrogens with two attached hydrogens (primary N) is 1. The monoisotopic (exact) mass is 285 g/mol. The van der Waals surface area contributed by atoms with Crippen LogP contribution >= 0.6 is 0 Å². The number of halogens is 1. The molecule has 2 aromatic heterocycles. The molecular formula is C10H12FN5O4. The lowest BCUT2D eigenvalue weighted by atomic mass is 10.1. The van der Waals surface area contributed by atoms with Gasteiger partial charge in [0.15, 0.2) is 23.6 Å². The van der Waals surface area contributed by atoms with E-state index in [1.54, 1.807) is 0 Å². The maximum Gasteiger partial charge on any atom is 0.280 e. The van der Waals surface area contributed by atoms with E-state index < -0.39 is 36.8 Å². The maximum absolute atomic E-state index is 13.7. The Morgan fingerprint density at radius 1 is 1.60 bits per heavy atom. The Hall–Kier alpha value is -2.04. The number of nitrogens with zero attached hydrogens (tertiary/aromatic N) is 3. The van der Waals surface area contributed by atoms with Crippen molar-refractivity contribution in [3.63, 3.8) is 0 Å². The highest BCUT2D eigenvalue weighted by Crippen LogP contribution is 2.32. The number of aromatic nitrogens is 4. The number of anilines is 1. The number of ether oxygens (including phenoxy) is 1. The highest BCUT2D eigenvalue weighted by Gasteiger charge is 2.45. The molecule has 0 aromatic carbocycles. The van der Waals surface area contributed by atoms with Gasteiger partial charge in [-0.3, -0.25) is 14.3 Å². The molecule has 0 saturated carbocycles. The maximum atomic E-state index is 13.7. The highest BCUT2D eigenvalue weighted by atomic mass is 19.1. The van der Waals surface area contributed by atoms with Crippen LogP contribution in [0.25, 0.3) is 11.2 Å². The van der Waals surface area contributed by atoms with Gasteiger partial charge < -0.3 is 20.7 Å². The molecule has 1 fully saturated rings. The molecule has 5 N–H and O–H groups in total. The summed E-state index contributed by atoms with van der Waals surface area (Å²) in [5.74, 6) is -0.132. The quantitative estimate of drug-likeness (QED) is 0.515. The molecule has 2 aromatic rings. The van der Waals surface area contributed by atoms with Gasteiger partial charge in [-0.15, -0.1) is 0 Å². The zero-order chi connectivity index (χ0) is 14.4. The molecule has 0 spiro atoms. The van der Waals surface area contributed by atoms with E-state index in [1.165, 1.54) is 10.9 Å². The van der Waals surface area contributed by atoms with E-state index in [4.69, 9.17) is 15.6 Å². The molecule has 108 valence electrons. The number of hydrogen-bond acceptors (Lipinski definition) is 7. The van der Waals surface area contributed by atoms with Gasteiger partial charge >= 0.3 is 0 Å². The standard InChI is InChI=1S/C10H12FN5O4/c11-4-3(1-17)20-9(6(4)18)16-2-13-5-7(16)14-10(12)15-8(5)19/h2-4,6,9,17-18H,1H2,(H3,12,14,15,19)/t3-,4-,6-,9?/m1/s1. The molecule has 0 amide bonds. The van der Waals surface area contributed by atoms with Crippen LogP contribution in [0.1, 0.15) is 6.23 Å². The Kier molecular flexibility index (Phi) is 2.92. The number of H-pyrrole nitrogens is 1. The molecule has 1 unspecified atom stereocenters. The van der Waals surface area contributed by atoms with E-state index in [-0.39, 0.29) is 17.1 Å². The smallest absolute Gasteiger partial charge is 0.280 e. The lowest BCUT2D eigenvalue weighted by Gasteiger charge is -2.15. The summed E-state index contributed by atoms with van der Waals surface area (Å²) < 4.78 is 20.1. The lowest BCUT2D eigenvalue weighted by Crippen LogP contribution is -2.29. The van der Waals surface area contributed by atoms with Gasteiger partial charge in [-0.05, 0) is 0 Å². The van der Waals surface area contributed by atoms with Gasteiger partial charge in [0.25, 0.3) is 5.56 Å². The van der Waals surface area contributed by atoms with Crippen molar-refractivity contribution in [2.24, 2.45) is 0 Å². The van der Waals surface area contributed by atoms with Crippen LogP contribution in [-0.2, 0) is 4.74 Å². The molecule has 10 heteroatoms. The highest BCUT2D eigenvalue weighted by molar-refractivity contribution is 5.70. The first-order chi connectivity index (χ1) is 9.52. The summed E-state index contributed by atoms with van der Waals surface area (Å²) in [5.41, 5.74) is 4.96. The summed E-state index contributed by atoms with van der Waals surface area (Å²) >= 11 is 0. The minimum atomic E-state index is -1.75. The van der Waals surface area contributed by atoms with Crippen molar-refractivity contribution in [1.29, 1.82) is 0 Å². The van der Waals surface area contributed by atoms with Crippen molar-refractivity contribution in [1.82, 2.24) is 19.5 Å². The number of imidazole rings is 1. The molecular weight excluding hydrogens is 273 g/mol. The molecule has 9 nitrogen and oxygen atoms in total. The second-order valence-corrected chi connectivity index (χ2v) is 4.46. The van der Waals surface area contributed by atoms with E-state index in [2.05, 4.69) is 15.0 Å². The largest absolute Gasteiger partial charge is 0.394 e. The fourth-order valence-electron chi connectivity index (χ4n) is 2.21. The average molecular weight is 285 g/mol. The van der Waals surface area contributed by atoms with Gasteiger partial charge in [0, 0.05) is 0 Å². The molecule has 1 saturated heterocycles. The van der Waals surface area contributed by atoms with Crippen molar-refractivity contribution in [3.05, 3.63) is 16.7 Å². The van der Waals surface area contributed by atoms with Gasteiger partial charge in [-0.1, -0.05) is 0 Å². The summed E-state index contributed by atoms with van der Waals surface area (Å²) in [5, 5.41) is 18.8. The number of fused-ring (bicyclic) bond motifs is 1. The van der Waals surface area contributed by atoms with Gasteiger partial charge in [0.2, 0.25) is 5.95 Å². The second-order valence-electron chi connectivity index (χ2n) is 4.46. The van der Waals surface area contributed by atoms with Crippen molar-refractivity contribution < 1.29 is 19.3 Å². The first kappa shape index (κ1) is 13.0. The van der Waals surface area contributed by atoms with E-state index in [0.29, 0.717) is 0 Å². The number of alkyl halides is 1. The summed E-state index contributed by atoms with van der Waals surface area (Å²) in [6, 6.07) is 0. The first-order valence-electron chi connectivity index (χ1n) is 5.83. The summed E-state index contributed by atoms with van der Waals surface area (Å²) in [7, 11) is 0. The molecule has 4 atom stereocenters. The van der Waals surface area contributed by atoms with Gasteiger partial charge in [0.1, 0.15) is 12.2 Å². The number of aliphatic hydroxyl groups excluding tert-OH is 2. The van der Waals surface area contributed by atoms with E-state index in [9.17, 15) is 14.3 Å².